The maximum absolute atomic E-state index is 13.9. The van der Waals surface area contributed by atoms with Gasteiger partial charge in [-0.25, -0.2) is 9.59 Å². The molecule has 52 heavy (non-hydrogen) atoms. The number of carboxylic acid groups (broad SMARTS) is 2. The van der Waals surface area contributed by atoms with E-state index in [2.05, 4.69) is 0 Å². The summed E-state index contributed by atoms with van der Waals surface area (Å²) in [5, 5.41) is 89.1. The molecular formula is C36H30O16. The lowest BCUT2D eigenvalue weighted by molar-refractivity contribution is -0.166. The van der Waals surface area contributed by atoms with Gasteiger partial charge in [0.2, 0.25) is 6.10 Å². The molecular weight excluding hydrogens is 688 g/mol. The second kappa shape index (κ2) is 14.8. The highest BCUT2D eigenvalue weighted by atomic mass is 16.6. The fourth-order valence-electron chi connectivity index (χ4n) is 5.50. The van der Waals surface area contributed by atoms with Crippen molar-refractivity contribution in [1.82, 2.24) is 0 Å². The number of carbonyl (C=O) groups excluding carboxylic acids is 2. The van der Waals surface area contributed by atoms with Gasteiger partial charge < -0.3 is 60.2 Å². The number of carbonyl (C=O) groups is 4. The van der Waals surface area contributed by atoms with Gasteiger partial charge in [0.1, 0.15) is 24.5 Å². The number of phenolic OH excluding ortho intramolecular Hbond substituents is 7. The first kappa shape index (κ1) is 36.2. The number of aromatic hydroxyl groups is 7. The summed E-state index contributed by atoms with van der Waals surface area (Å²) in [6, 6.07) is 12.8. The van der Waals surface area contributed by atoms with Gasteiger partial charge in [0.05, 0.1) is 0 Å². The molecule has 0 aliphatic carbocycles. The quantitative estimate of drug-likeness (QED) is 0.0576. The molecule has 0 saturated carbocycles. The minimum absolute atomic E-state index is 0.0302. The van der Waals surface area contributed by atoms with Crippen molar-refractivity contribution in [3.63, 3.8) is 0 Å². The Labute approximate surface area is 292 Å². The zero-order chi connectivity index (χ0) is 37.9. The van der Waals surface area contributed by atoms with E-state index in [4.69, 9.17) is 14.2 Å². The molecule has 0 aromatic heterocycles. The number of fused-ring (bicyclic) bond motifs is 1. The molecule has 4 aromatic rings. The first-order valence-corrected chi connectivity index (χ1v) is 15.2. The molecule has 0 spiro atoms. The molecule has 16 nitrogen and oxygen atoms in total. The Hall–Kier alpha value is -7.10. The van der Waals surface area contributed by atoms with Gasteiger partial charge >= 0.3 is 23.9 Å². The summed E-state index contributed by atoms with van der Waals surface area (Å²) in [4.78, 5) is 50.8. The van der Waals surface area contributed by atoms with Crippen LogP contribution < -0.4 is 4.74 Å². The number of hydrogen-bond acceptors (Lipinski definition) is 14. The Morgan fingerprint density at radius 3 is 1.94 bits per heavy atom. The van der Waals surface area contributed by atoms with E-state index in [1.54, 1.807) is 0 Å². The molecule has 270 valence electrons. The van der Waals surface area contributed by atoms with Gasteiger partial charge in [0.25, 0.3) is 0 Å². The highest BCUT2D eigenvalue weighted by Gasteiger charge is 2.46. The highest BCUT2D eigenvalue weighted by molar-refractivity contribution is 5.91. The number of aliphatic carboxylic acids is 2. The molecule has 4 aromatic carbocycles. The van der Waals surface area contributed by atoms with Crippen molar-refractivity contribution in [2.45, 2.75) is 30.5 Å². The van der Waals surface area contributed by atoms with Crippen LogP contribution in [0.1, 0.15) is 45.8 Å². The second-order valence-corrected chi connectivity index (χ2v) is 11.6. The molecule has 4 unspecified atom stereocenters. The van der Waals surface area contributed by atoms with Crippen molar-refractivity contribution in [2.24, 2.45) is 0 Å². The Morgan fingerprint density at radius 2 is 1.33 bits per heavy atom. The van der Waals surface area contributed by atoms with Gasteiger partial charge in [-0.15, -0.1) is 0 Å². The predicted octanol–water partition coefficient (Wildman–Crippen LogP) is 3.51. The average Bonchev–Trinajstić information content (AvgIpc) is 3.50. The lowest BCUT2D eigenvalue weighted by atomic mass is 9.87. The normalized spacial score (nSPS) is 16.0. The Balaban J connectivity index is 1.46. The van der Waals surface area contributed by atoms with Crippen LogP contribution >= 0.6 is 0 Å². The van der Waals surface area contributed by atoms with Gasteiger partial charge in [-0.05, 0) is 70.8 Å². The number of hydrogen-bond donors (Lipinski definition) is 9. The zero-order valence-corrected chi connectivity index (χ0v) is 26.6. The van der Waals surface area contributed by atoms with Crippen LogP contribution in [0, 0.1) is 0 Å². The van der Waals surface area contributed by atoms with E-state index in [9.17, 15) is 65.1 Å². The van der Waals surface area contributed by atoms with E-state index >= 15 is 0 Å². The minimum atomic E-state index is -1.83. The van der Waals surface area contributed by atoms with Crippen LogP contribution in [0.3, 0.4) is 0 Å². The van der Waals surface area contributed by atoms with E-state index in [0.29, 0.717) is 0 Å². The third-order valence-corrected chi connectivity index (χ3v) is 8.14. The van der Waals surface area contributed by atoms with Gasteiger partial charge in [0, 0.05) is 18.1 Å². The van der Waals surface area contributed by atoms with Crippen LogP contribution in [0.5, 0.6) is 46.0 Å². The number of benzene rings is 4. The lowest BCUT2D eigenvalue weighted by Crippen LogP contribution is -2.32. The summed E-state index contributed by atoms with van der Waals surface area (Å²) < 4.78 is 16.5. The average molecular weight is 719 g/mol. The number of phenols is 7. The van der Waals surface area contributed by atoms with E-state index in [1.807, 2.05) is 0 Å². The Kier molecular flexibility index (Phi) is 10.3. The number of carboxylic acids is 2. The summed E-state index contributed by atoms with van der Waals surface area (Å²) in [7, 11) is 0. The standard InChI is InChI=1S/C36H30O16/c37-21-6-1-16(11-25(21)41)12-28(35(47)48)51-36(49)31-30-17(2-9-24(40)33(30)52-32(31)19-4-8-23(39)27(43)14-19)5-10-29(44)50-15-20(34(45)46)18-3-7-22(38)26(42)13-18/h1-11,13-14,20,28,31-32,37-43H,12,15H2,(H,45,46)(H,47,48). The van der Waals surface area contributed by atoms with Crippen molar-refractivity contribution < 1.29 is 79.3 Å². The van der Waals surface area contributed by atoms with Crippen LogP contribution in [0.4, 0.5) is 0 Å². The molecule has 16 heteroatoms. The Morgan fingerprint density at radius 1 is 0.712 bits per heavy atom. The van der Waals surface area contributed by atoms with E-state index in [1.165, 1.54) is 30.3 Å². The SMILES string of the molecule is O=C(C=Cc1ccc(O)c2c1C(C(=O)OC(Cc1ccc(O)c(O)c1)C(=O)O)C(c1ccc(O)c(O)c1)O2)OCC(C(=O)O)c1ccc(O)c(O)c1. The number of esters is 2. The summed E-state index contributed by atoms with van der Waals surface area (Å²) in [6.07, 6.45) is -1.61. The van der Waals surface area contributed by atoms with Gasteiger partial charge in [-0.3, -0.25) is 9.59 Å². The molecule has 1 aliphatic rings. The van der Waals surface area contributed by atoms with Crippen molar-refractivity contribution in [3.05, 3.63) is 101 Å². The number of ether oxygens (including phenoxy) is 3. The smallest absolute Gasteiger partial charge is 0.345 e. The van der Waals surface area contributed by atoms with Crippen LogP contribution in [0.25, 0.3) is 6.08 Å². The predicted molar refractivity (Wildman–Crippen MR) is 175 cm³/mol. The molecule has 4 atom stereocenters. The van der Waals surface area contributed by atoms with Crippen molar-refractivity contribution in [1.29, 1.82) is 0 Å². The fourth-order valence-corrected chi connectivity index (χ4v) is 5.50. The van der Waals surface area contributed by atoms with Gasteiger partial charge in [-0.1, -0.05) is 24.3 Å². The lowest BCUT2D eigenvalue weighted by Gasteiger charge is -2.22. The first-order chi connectivity index (χ1) is 24.6. The largest absolute Gasteiger partial charge is 0.504 e. The first-order valence-electron chi connectivity index (χ1n) is 15.2. The fraction of sp³-hybridized carbons (Fsp3) is 0.167. The van der Waals surface area contributed by atoms with Gasteiger partial charge in [0.15, 0.2) is 46.0 Å². The van der Waals surface area contributed by atoms with Crippen molar-refractivity contribution in [2.75, 3.05) is 6.61 Å². The molecule has 1 aliphatic heterocycles. The molecule has 0 amide bonds. The van der Waals surface area contributed by atoms with E-state index < -0.39 is 101 Å². The zero-order valence-electron chi connectivity index (χ0n) is 26.6. The molecule has 9 N–H and O–H groups in total. The molecule has 0 bridgehead atoms. The third kappa shape index (κ3) is 7.70. The summed E-state index contributed by atoms with van der Waals surface area (Å²) in [5.41, 5.74) is 0.317. The van der Waals surface area contributed by atoms with E-state index in [-0.39, 0.29) is 33.6 Å². The maximum atomic E-state index is 13.9. The van der Waals surface area contributed by atoms with E-state index in [0.717, 1.165) is 48.6 Å². The Bertz CT molecular complexity index is 2090. The van der Waals surface area contributed by atoms with Crippen LogP contribution in [-0.4, -0.2) is 82.5 Å². The molecule has 0 fully saturated rings. The highest BCUT2D eigenvalue weighted by Crippen LogP contribution is 2.53. The van der Waals surface area contributed by atoms with Crippen molar-refractivity contribution in [3.8, 4) is 46.0 Å². The molecule has 0 saturated heterocycles. The van der Waals surface area contributed by atoms with Crippen LogP contribution in [0.15, 0.2) is 72.8 Å². The van der Waals surface area contributed by atoms with Crippen molar-refractivity contribution >= 4 is 30.0 Å². The molecule has 5 rings (SSSR count). The van der Waals surface area contributed by atoms with Gasteiger partial charge in [-0.2, -0.15) is 0 Å². The van der Waals surface area contributed by atoms with Crippen LogP contribution in [0.2, 0.25) is 0 Å². The summed E-state index contributed by atoms with van der Waals surface area (Å²) in [5.74, 6) is -12.1. The summed E-state index contributed by atoms with van der Waals surface area (Å²) in [6.45, 7) is -0.684. The topological polar surface area (TPSA) is 278 Å². The van der Waals surface area contributed by atoms with Crippen LogP contribution in [-0.2, 0) is 35.1 Å². The molecule has 0 radical (unpaired) electrons. The third-order valence-electron chi connectivity index (χ3n) is 8.14. The maximum Gasteiger partial charge on any atom is 0.345 e. The number of rotatable bonds is 12. The minimum Gasteiger partial charge on any atom is -0.504 e. The monoisotopic (exact) mass is 718 g/mol. The summed E-state index contributed by atoms with van der Waals surface area (Å²) >= 11 is 0. The molecule has 1 heterocycles. The second-order valence-electron chi connectivity index (χ2n) is 11.6.